The summed E-state index contributed by atoms with van der Waals surface area (Å²) in [6.45, 7) is 0. The molecule has 0 saturated carbocycles. The number of hydrogen-bond donors (Lipinski definition) is 1. The van der Waals surface area contributed by atoms with Crippen molar-refractivity contribution in [2.75, 3.05) is 33.8 Å². The standard InChI is InChI=1S/C21H25NO5/c1-24-17-8-7-15(11-19(17)26-3)22-21(23)10-14-6-5-13-9-18(25-2)20(27-4)12-16(13)14/h7-9,11-12,14H,5-6,10H2,1-4H3,(H,22,23). The van der Waals surface area contributed by atoms with E-state index in [4.69, 9.17) is 18.9 Å². The van der Waals surface area contributed by atoms with Gasteiger partial charge in [-0.25, -0.2) is 0 Å². The van der Waals surface area contributed by atoms with E-state index in [-0.39, 0.29) is 11.8 Å². The van der Waals surface area contributed by atoms with Crippen LogP contribution in [-0.2, 0) is 11.2 Å². The Morgan fingerprint density at radius 3 is 2.22 bits per heavy atom. The third-order valence-corrected chi connectivity index (χ3v) is 4.95. The maximum Gasteiger partial charge on any atom is 0.224 e. The summed E-state index contributed by atoms with van der Waals surface area (Å²) in [7, 11) is 6.41. The minimum absolute atomic E-state index is 0.0325. The molecule has 0 spiro atoms. The number of carbonyl (C=O) groups is 1. The number of fused-ring (bicyclic) bond motifs is 1. The number of carbonyl (C=O) groups excluding carboxylic acids is 1. The van der Waals surface area contributed by atoms with Crippen molar-refractivity contribution >= 4 is 11.6 Å². The van der Waals surface area contributed by atoms with E-state index in [1.54, 1.807) is 46.6 Å². The molecule has 0 aromatic heterocycles. The Balaban J connectivity index is 1.72. The van der Waals surface area contributed by atoms with Gasteiger partial charge in [-0.05, 0) is 54.2 Å². The predicted molar refractivity (Wildman–Crippen MR) is 103 cm³/mol. The van der Waals surface area contributed by atoms with Crippen molar-refractivity contribution in [1.29, 1.82) is 0 Å². The van der Waals surface area contributed by atoms with E-state index in [0.717, 1.165) is 24.2 Å². The summed E-state index contributed by atoms with van der Waals surface area (Å²) in [4.78, 5) is 12.6. The number of rotatable bonds is 7. The second-order valence-corrected chi connectivity index (χ2v) is 6.46. The monoisotopic (exact) mass is 371 g/mol. The zero-order valence-corrected chi connectivity index (χ0v) is 16.1. The first-order valence-electron chi connectivity index (χ1n) is 8.86. The predicted octanol–water partition coefficient (Wildman–Crippen LogP) is 3.78. The molecular weight excluding hydrogens is 346 g/mol. The van der Waals surface area contributed by atoms with E-state index in [2.05, 4.69) is 5.32 Å². The summed E-state index contributed by atoms with van der Waals surface area (Å²) >= 11 is 0. The van der Waals surface area contributed by atoms with Gasteiger partial charge in [0.2, 0.25) is 5.91 Å². The fourth-order valence-electron chi connectivity index (χ4n) is 3.58. The van der Waals surface area contributed by atoms with E-state index >= 15 is 0 Å². The van der Waals surface area contributed by atoms with E-state index in [1.807, 2.05) is 12.1 Å². The van der Waals surface area contributed by atoms with E-state index in [1.165, 1.54) is 5.56 Å². The van der Waals surface area contributed by atoms with Gasteiger partial charge in [-0.15, -0.1) is 0 Å². The number of hydrogen-bond acceptors (Lipinski definition) is 5. The third-order valence-electron chi connectivity index (χ3n) is 4.95. The number of amides is 1. The maximum absolute atomic E-state index is 12.6. The molecule has 0 saturated heterocycles. The van der Waals surface area contributed by atoms with Gasteiger partial charge in [0.15, 0.2) is 23.0 Å². The van der Waals surface area contributed by atoms with Crippen molar-refractivity contribution in [2.45, 2.75) is 25.2 Å². The van der Waals surface area contributed by atoms with Crippen molar-refractivity contribution in [2.24, 2.45) is 0 Å². The molecule has 3 rings (SSSR count). The molecule has 0 aliphatic heterocycles. The smallest absolute Gasteiger partial charge is 0.224 e. The highest BCUT2D eigenvalue weighted by Crippen LogP contribution is 2.42. The Bertz CT molecular complexity index is 834. The lowest BCUT2D eigenvalue weighted by molar-refractivity contribution is -0.116. The molecule has 1 N–H and O–H groups in total. The highest BCUT2D eigenvalue weighted by atomic mass is 16.5. The summed E-state index contributed by atoms with van der Waals surface area (Å²) in [5.41, 5.74) is 3.06. The van der Waals surface area contributed by atoms with Crippen LogP contribution in [0.4, 0.5) is 5.69 Å². The van der Waals surface area contributed by atoms with E-state index in [9.17, 15) is 4.79 Å². The lowest BCUT2D eigenvalue weighted by Gasteiger charge is -2.15. The van der Waals surface area contributed by atoms with Crippen LogP contribution in [-0.4, -0.2) is 34.3 Å². The molecule has 1 atom stereocenters. The van der Waals surface area contributed by atoms with Crippen LogP contribution in [0.15, 0.2) is 30.3 Å². The number of nitrogens with one attached hydrogen (secondary N) is 1. The number of ether oxygens (including phenoxy) is 4. The van der Waals surface area contributed by atoms with Crippen LogP contribution >= 0.6 is 0 Å². The van der Waals surface area contributed by atoms with Gasteiger partial charge in [0.1, 0.15) is 0 Å². The first-order chi connectivity index (χ1) is 13.1. The fraction of sp³-hybridized carbons (Fsp3) is 0.381. The second-order valence-electron chi connectivity index (χ2n) is 6.46. The quantitative estimate of drug-likeness (QED) is 0.802. The summed E-state index contributed by atoms with van der Waals surface area (Å²) in [6, 6.07) is 9.34. The SMILES string of the molecule is COc1ccc(NC(=O)CC2CCc3cc(OC)c(OC)cc32)cc1OC. The Hall–Kier alpha value is -2.89. The molecule has 27 heavy (non-hydrogen) atoms. The minimum Gasteiger partial charge on any atom is -0.493 e. The number of benzene rings is 2. The molecule has 6 heteroatoms. The Labute approximate surface area is 159 Å². The van der Waals surface area contributed by atoms with Gasteiger partial charge in [-0.3, -0.25) is 4.79 Å². The molecule has 1 amide bonds. The van der Waals surface area contributed by atoms with Gasteiger partial charge in [-0.1, -0.05) is 0 Å². The number of methoxy groups -OCH3 is 4. The highest BCUT2D eigenvalue weighted by Gasteiger charge is 2.27. The van der Waals surface area contributed by atoms with Crippen LogP contribution in [0.2, 0.25) is 0 Å². The first kappa shape index (κ1) is 18.9. The zero-order valence-electron chi connectivity index (χ0n) is 16.1. The lowest BCUT2D eigenvalue weighted by atomic mass is 9.97. The molecule has 0 radical (unpaired) electrons. The average molecular weight is 371 g/mol. The molecule has 1 aliphatic carbocycles. The van der Waals surface area contributed by atoms with Crippen molar-refractivity contribution in [3.05, 3.63) is 41.5 Å². The molecule has 0 bridgehead atoms. The summed E-state index contributed by atoms with van der Waals surface area (Å²) in [5, 5.41) is 2.95. The summed E-state index contributed by atoms with van der Waals surface area (Å²) in [6.07, 6.45) is 2.28. The number of anilines is 1. The van der Waals surface area contributed by atoms with Gasteiger partial charge in [0.05, 0.1) is 28.4 Å². The van der Waals surface area contributed by atoms with Crippen molar-refractivity contribution in [3.8, 4) is 23.0 Å². The summed E-state index contributed by atoms with van der Waals surface area (Å²) in [5.74, 6) is 2.77. The molecule has 0 heterocycles. The van der Waals surface area contributed by atoms with Crippen LogP contribution in [0.25, 0.3) is 0 Å². The van der Waals surface area contributed by atoms with Crippen molar-refractivity contribution in [1.82, 2.24) is 0 Å². The minimum atomic E-state index is -0.0325. The van der Waals surface area contributed by atoms with Gasteiger partial charge in [0, 0.05) is 18.2 Å². The van der Waals surface area contributed by atoms with Crippen LogP contribution < -0.4 is 24.3 Å². The second kappa shape index (κ2) is 8.20. The summed E-state index contributed by atoms with van der Waals surface area (Å²) < 4.78 is 21.3. The third kappa shape index (κ3) is 3.94. The van der Waals surface area contributed by atoms with Crippen LogP contribution in [0.5, 0.6) is 23.0 Å². The van der Waals surface area contributed by atoms with Gasteiger partial charge in [0.25, 0.3) is 0 Å². The molecular formula is C21H25NO5. The average Bonchev–Trinajstić information content (AvgIpc) is 3.08. The molecule has 1 aliphatic rings. The zero-order chi connectivity index (χ0) is 19.4. The van der Waals surface area contributed by atoms with Crippen LogP contribution in [0, 0.1) is 0 Å². The molecule has 2 aromatic carbocycles. The van der Waals surface area contributed by atoms with Gasteiger partial charge in [-0.2, -0.15) is 0 Å². The molecule has 1 unspecified atom stereocenters. The molecule has 2 aromatic rings. The Morgan fingerprint density at radius 1 is 0.926 bits per heavy atom. The first-order valence-corrected chi connectivity index (χ1v) is 8.86. The van der Waals surface area contributed by atoms with E-state index in [0.29, 0.717) is 29.4 Å². The Morgan fingerprint density at radius 2 is 1.56 bits per heavy atom. The largest absolute Gasteiger partial charge is 0.493 e. The van der Waals surface area contributed by atoms with Gasteiger partial charge >= 0.3 is 0 Å². The fourth-order valence-corrected chi connectivity index (χ4v) is 3.58. The highest BCUT2D eigenvalue weighted by molar-refractivity contribution is 5.91. The number of aryl methyl sites for hydroxylation is 1. The normalized spacial score (nSPS) is 15.0. The Kier molecular flexibility index (Phi) is 5.74. The van der Waals surface area contributed by atoms with Crippen LogP contribution in [0.3, 0.4) is 0 Å². The topological polar surface area (TPSA) is 66.0 Å². The molecule has 0 fully saturated rings. The molecule has 6 nitrogen and oxygen atoms in total. The lowest BCUT2D eigenvalue weighted by Crippen LogP contribution is -2.14. The van der Waals surface area contributed by atoms with Crippen LogP contribution in [0.1, 0.15) is 29.9 Å². The molecule has 144 valence electrons. The van der Waals surface area contributed by atoms with Crippen molar-refractivity contribution in [3.63, 3.8) is 0 Å². The van der Waals surface area contributed by atoms with Gasteiger partial charge < -0.3 is 24.3 Å². The van der Waals surface area contributed by atoms with E-state index < -0.39 is 0 Å². The van der Waals surface area contributed by atoms with Crippen molar-refractivity contribution < 1.29 is 23.7 Å². The maximum atomic E-state index is 12.6.